The van der Waals surface area contributed by atoms with Crippen LogP contribution in [0.15, 0.2) is 28.7 Å². The molecule has 0 fully saturated rings. The van der Waals surface area contributed by atoms with Crippen molar-refractivity contribution in [2.45, 2.75) is 13.3 Å². The first-order valence-corrected chi connectivity index (χ1v) is 6.50. The van der Waals surface area contributed by atoms with Gasteiger partial charge in [-0.3, -0.25) is 0 Å². The van der Waals surface area contributed by atoms with Crippen LogP contribution in [0.2, 0.25) is 0 Å². The monoisotopic (exact) mass is 257 g/mol. The van der Waals surface area contributed by atoms with Crippen molar-refractivity contribution >= 4 is 35.2 Å². The van der Waals surface area contributed by atoms with Crippen LogP contribution >= 0.6 is 23.5 Å². The van der Waals surface area contributed by atoms with Crippen molar-refractivity contribution < 1.29 is 0 Å². The number of nitrogens with two attached hydrogens (primary N) is 1. The zero-order chi connectivity index (χ0) is 12.0. The fraction of sp³-hybridized carbons (Fsp3) is 0.364. The minimum Gasteiger partial charge on any atom is -0.369 e. The quantitative estimate of drug-likeness (QED) is 0.390. The highest BCUT2D eigenvalue weighted by molar-refractivity contribution is 7.99. The summed E-state index contributed by atoms with van der Waals surface area (Å²) in [6.07, 6.45) is 1.01. The lowest BCUT2D eigenvalue weighted by Crippen LogP contribution is -2.33. The Labute approximate surface area is 106 Å². The summed E-state index contributed by atoms with van der Waals surface area (Å²) in [5, 5.41) is 0.406. The number of aryl methyl sites for hydroxylation is 1. The Hall–Kier alpha value is -0.870. The molecule has 0 atom stereocenters. The van der Waals surface area contributed by atoms with E-state index in [9.17, 15) is 0 Å². The molecule has 0 aromatic heterocycles. The number of halogens is 1. The fourth-order valence-corrected chi connectivity index (χ4v) is 1.72. The van der Waals surface area contributed by atoms with E-state index in [1.54, 1.807) is 0 Å². The molecule has 0 radical (unpaired) electrons. The molecule has 0 spiro atoms. The van der Waals surface area contributed by atoms with Crippen LogP contribution in [-0.4, -0.2) is 18.2 Å². The van der Waals surface area contributed by atoms with Gasteiger partial charge in [0, 0.05) is 12.7 Å². The molecule has 0 heterocycles. The van der Waals surface area contributed by atoms with Gasteiger partial charge in [0.2, 0.25) is 5.96 Å². The first-order valence-electron chi connectivity index (χ1n) is 5.03. The second kappa shape index (κ2) is 6.66. The maximum absolute atomic E-state index is 5.82. The minimum atomic E-state index is 0.406. The lowest BCUT2D eigenvalue weighted by molar-refractivity contribution is 1.13. The maximum atomic E-state index is 5.82. The highest BCUT2D eigenvalue weighted by Gasteiger charge is 2.05. The zero-order valence-corrected chi connectivity index (χ0v) is 11.1. The maximum Gasteiger partial charge on any atom is 0.207 e. The van der Waals surface area contributed by atoms with E-state index in [1.165, 1.54) is 17.5 Å². The fourth-order valence-electron chi connectivity index (χ4n) is 1.27. The van der Waals surface area contributed by atoms with E-state index in [0.717, 1.165) is 12.1 Å². The summed E-state index contributed by atoms with van der Waals surface area (Å²) >= 11 is 6.76. The van der Waals surface area contributed by atoms with Crippen LogP contribution in [0, 0.1) is 0 Å². The molecule has 0 saturated heterocycles. The Morgan fingerprint density at radius 3 is 2.94 bits per heavy atom. The molecular formula is C11H16ClN3S. The number of hydrogen-bond acceptors (Lipinski definition) is 2. The molecule has 88 valence electrons. The van der Waals surface area contributed by atoms with Crippen LogP contribution < -0.4 is 10.6 Å². The Morgan fingerprint density at radius 1 is 1.56 bits per heavy atom. The van der Waals surface area contributed by atoms with E-state index >= 15 is 0 Å². The van der Waals surface area contributed by atoms with Crippen molar-refractivity contribution in [2.24, 2.45) is 10.1 Å². The van der Waals surface area contributed by atoms with Gasteiger partial charge in [-0.05, 0) is 36.1 Å². The number of rotatable bonds is 4. The number of alkyl halides is 1. The summed E-state index contributed by atoms with van der Waals surface area (Å²) < 4.78 is 4.08. The van der Waals surface area contributed by atoms with Crippen LogP contribution in [0.25, 0.3) is 0 Å². The summed E-state index contributed by atoms with van der Waals surface area (Å²) in [7, 11) is 1.89. The van der Waals surface area contributed by atoms with Gasteiger partial charge >= 0.3 is 0 Å². The molecule has 16 heavy (non-hydrogen) atoms. The van der Waals surface area contributed by atoms with E-state index in [-0.39, 0.29) is 0 Å². The van der Waals surface area contributed by atoms with Crippen LogP contribution in [0.4, 0.5) is 5.69 Å². The molecule has 0 amide bonds. The second-order valence-electron chi connectivity index (χ2n) is 3.27. The Morgan fingerprint density at radius 2 is 2.31 bits per heavy atom. The Balaban J connectivity index is 2.82. The van der Waals surface area contributed by atoms with Gasteiger partial charge in [-0.25, -0.2) is 0 Å². The van der Waals surface area contributed by atoms with Gasteiger partial charge in [0.05, 0.1) is 5.21 Å². The normalized spacial score (nSPS) is 11.6. The first-order chi connectivity index (χ1) is 7.69. The molecule has 1 rings (SSSR count). The molecule has 0 aliphatic carbocycles. The molecule has 0 aliphatic rings. The van der Waals surface area contributed by atoms with Crippen LogP contribution in [0.3, 0.4) is 0 Å². The predicted octanol–water partition coefficient (Wildman–Crippen LogP) is 2.84. The van der Waals surface area contributed by atoms with Crippen LogP contribution in [0.5, 0.6) is 0 Å². The topological polar surface area (TPSA) is 41.6 Å². The van der Waals surface area contributed by atoms with Crippen LogP contribution in [0.1, 0.15) is 12.5 Å². The van der Waals surface area contributed by atoms with Crippen molar-refractivity contribution in [3.8, 4) is 0 Å². The average molecular weight is 258 g/mol. The minimum absolute atomic E-state index is 0.406. The molecule has 5 heteroatoms. The van der Waals surface area contributed by atoms with Gasteiger partial charge in [0.25, 0.3) is 0 Å². The van der Waals surface area contributed by atoms with E-state index in [2.05, 4.69) is 23.5 Å². The SMILES string of the molecule is CCc1cccc(N(C)/C(N)=N/SCCl)c1. The van der Waals surface area contributed by atoms with E-state index in [4.69, 9.17) is 17.3 Å². The first kappa shape index (κ1) is 13.2. The number of anilines is 1. The van der Waals surface area contributed by atoms with Gasteiger partial charge in [-0.1, -0.05) is 19.1 Å². The average Bonchev–Trinajstić information content (AvgIpc) is 2.35. The Kier molecular flexibility index (Phi) is 5.49. The van der Waals surface area contributed by atoms with Gasteiger partial charge in [-0.15, -0.1) is 11.6 Å². The smallest absolute Gasteiger partial charge is 0.207 e. The van der Waals surface area contributed by atoms with Gasteiger partial charge < -0.3 is 10.6 Å². The second-order valence-corrected chi connectivity index (χ2v) is 4.58. The molecule has 0 saturated carbocycles. The lowest BCUT2D eigenvalue weighted by Gasteiger charge is -2.18. The molecule has 0 unspecified atom stereocenters. The molecule has 0 aliphatic heterocycles. The number of benzene rings is 1. The summed E-state index contributed by atoms with van der Waals surface area (Å²) in [4.78, 5) is 1.85. The summed E-state index contributed by atoms with van der Waals surface area (Å²) in [6.45, 7) is 2.12. The standard InChI is InChI=1S/C11H16ClN3S/c1-3-9-5-4-6-10(7-9)15(2)11(13)14-16-8-12/h4-7H,3,8H2,1-2H3,(H2,13,14). The van der Waals surface area contributed by atoms with E-state index in [0.29, 0.717) is 11.2 Å². The van der Waals surface area contributed by atoms with Gasteiger partial charge in [-0.2, -0.15) is 4.40 Å². The molecular weight excluding hydrogens is 242 g/mol. The van der Waals surface area contributed by atoms with Crippen molar-refractivity contribution in [3.63, 3.8) is 0 Å². The van der Waals surface area contributed by atoms with Gasteiger partial charge in [0.1, 0.15) is 0 Å². The zero-order valence-electron chi connectivity index (χ0n) is 9.48. The highest BCUT2D eigenvalue weighted by atomic mass is 35.5. The van der Waals surface area contributed by atoms with Crippen molar-refractivity contribution in [1.29, 1.82) is 0 Å². The van der Waals surface area contributed by atoms with Crippen LogP contribution in [-0.2, 0) is 6.42 Å². The van der Waals surface area contributed by atoms with Crippen molar-refractivity contribution in [3.05, 3.63) is 29.8 Å². The summed E-state index contributed by atoms with van der Waals surface area (Å²) in [6, 6.07) is 8.23. The largest absolute Gasteiger partial charge is 0.369 e. The Bertz CT molecular complexity index is 368. The molecule has 1 aromatic carbocycles. The number of nitrogens with zero attached hydrogens (tertiary/aromatic N) is 2. The number of hydrogen-bond donors (Lipinski definition) is 1. The van der Waals surface area contributed by atoms with Crippen molar-refractivity contribution in [1.82, 2.24) is 0 Å². The third kappa shape index (κ3) is 3.61. The third-order valence-corrected chi connectivity index (χ3v) is 2.96. The molecule has 3 nitrogen and oxygen atoms in total. The molecule has 2 N–H and O–H groups in total. The summed E-state index contributed by atoms with van der Waals surface area (Å²) in [5.41, 5.74) is 8.14. The highest BCUT2D eigenvalue weighted by Crippen LogP contribution is 2.16. The van der Waals surface area contributed by atoms with E-state index < -0.39 is 0 Å². The molecule has 1 aromatic rings. The van der Waals surface area contributed by atoms with Gasteiger partial charge in [0.15, 0.2) is 0 Å². The summed E-state index contributed by atoms with van der Waals surface area (Å²) in [5.74, 6) is 0.457. The van der Waals surface area contributed by atoms with Crippen molar-refractivity contribution in [2.75, 3.05) is 17.2 Å². The van der Waals surface area contributed by atoms with E-state index in [1.807, 2.05) is 24.1 Å². The third-order valence-electron chi connectivity index (χ3n) is 2.26. The number of guanidine groups is 1. The lowest BCUT2D eigenvalue weighted by atomic mass is 10.1. The molecule has 0 bridgehead atoms. The predicted molar refractivity (Wildman–Crippen MR) is 74.2 cm³/mol.